The molecule has 0 fully saturated rings. The van der Waals surface area contributed by atoms with Crippen molar-refractivity contribution in [2.45, 2.75) is 9.79 Å². The Morgan fingerprint density at radius 3 is 2.67 bits per heavy atom. The molecule has 92 valence electrons. The Morgan fingerprint density at radius 1 is 1.22 bits per heavy atom. The Hall–Kier alpha value is -1.04. The molecule has 3 nitrogen and oxygen atoms in total. The van der Waals surface area contributed by atoms with Gasteiger partial charge in [-0.1, -0.05) is 45.4 Å². The molecule has 0 radical (unpaired) electrons. The summed E-state index contributed by atoms with van der Waals surface area (Å²) in [6.45, 7) is 0. The number of hydrogen-bond acceptors (Lipinski definition) is 3. The van der Waals surface area contributed by atoms with Crippen LogP contribution in [-0.2, 0) is 0 Å². The highest BCUT2D eigenvalue weighted by atomic mass is 79.9. The third-order valence-corrected chi connectivity index (χ3v) is 3.91. The van der Waals surface area contributed by atoms with Gasteiger partial charge in [-0.3, -0.25) is 10.1 Å². The van der Waals surface area contributed by atoms with Gasteiger partial charge >= 0.3 is 0 Å². The normalized spacial score (nSPS) is 10.3. The van der Waals surface area contributed by atoms with Gasteiger partial charge in [0, 0.05) is 20.5 Å². The van der Waals surface area contributed by atoms with Crippen molar-refractivity contribution in [1.82, 2.24) is 0 Å². The van der Waals surface area contributed by atoms with Crippen LogP contribution in [0, 0.1) is 10.1 Å². The Kier molecular flexibility index (Phi) is 4.27. The number of rotatable bonds is 3. The third kappa shape index (κ3) is 3.25. The minimum absolute atomic E-state index is 0.0863. The molecule has 2 rings (SSSR count). The van der Waals surface area contributed by atoms with Gasteiger partial charge in [-0.25, -0.2) is 0 Å². The summed E-state index contributed by atoms with van der Waals surface area (Å²) in [7, 11) is 0. The molecule has 0 heterocycles. The lowest BCUT2D eigenvalue weighted by molar-refractivity contribution is -0.387. The van der Waals surface area contributed by atoms with Crippen LogP contribution in [0.25, 0.3) is 0 Å². The van der Waals surface area contributed by atoms with Gasteiger partial charge in [0.1, 0.15) is 0 Å². The van der Waals surface area contributed by atoms with Crippen LogP contribution in [0.4, 0.5) is 5.69 Å². The first-order chi connectivity index (χ1) is 8.56. The number of hydrogen-bond donors (Lipinski definition) is 0. The van der Waals surface area contributed by atoms with Crippen LogP contribution in [-0.4, -0.2) is 4.92 Å². The van der Waals surface area contributed by atoms with E-state index in [9.17, 15) is 10.1 Å². The lowest BCUT2D eigenvalue weighted by atomic mass is 10.3. The molecule has 2 aromatic carbocycles. The molecular formula is C12H7BrClNO2S. The van der Waals surface area contributed by atoms with Crippen molar-refractivity contribution >= 4 is 45.0 Å². The predicted octanol–water partition coefficient (Wildman–Crippen LogP) is 5.16. The van der Waals surface area contributed by atoms with Crippen molar-refractivity contribution < 1.29 is 4.92 Å². The maximum Gasteiger partial charge on any atom is 0.283 e. The first-order valence-corrected chi connectivity index (χ1v) is 6.92. The average Bonchev–Trinajstić information content (AvgIpc) is 2.28. The van der Waals surface area contributed by atoms with E-state index in [0.717, 1.165) is 9.37 Å². The van der Waals surface area contributed by atoms with Crippen LogP contribution in [0.15, 0.2) is 56.7 Å². The maximum atomic E-state index is 10.9. The summed E-state index contributed by atoms with van der Waals surface area (Å²) in [5.41, 5.74) is 0.0863. The van der Waals surface area contributed by atoms with Crippen molar-refractivity contribution in [2.75, 3.05) is 0 Å². The van der Waals surface area contributed by atoms with Gasteiger partial charge in [0.15, 0.2) is 0 Å². The highest BCUT2D eigenvalue weighted by molar-refractivity contribution is 9.10. The summed E-state index contributed by atoms with van der Waals surface area (Å²) in [6.07, 6.45) is 0. The molecule has 0 unspecified atom stereocenters. The number of halogens is 2. The summed E-state index contributed by atoms with van der Waals surface area (Å²) in [5.74, 6) is 0. The van der Waals surface area contributed by atoms with E-state index in [0.29, 0.717) is 9.92 Å². The highest BCUT2D eigenvalue weighted by Crippen LogP contribution is 2.37. The average molecular weight is 345 g/mol. The van der Waals surface area contributed by atoms with Gasteiger partial charge in [-0.15, -0.1) is 0 Å². The van der Waals surface area contributed by atoms with E-state index in [1.54, 1.807) is 24.3 Å². The molecule has 0 saturated heterocycles. The van der Waals surface area contributed by atoms with Gasteiger partial charge in [0.05, 0.1) is 9.82 Å². The van der Waals surface area contributed by atoms with Gasteiger partial charge < -0.3 is 0 Å². The fraction of sp³-hybridized carbons (Fsp3) is 0. The van der Waals surface area contributed by atoms with Crippen molar-refractivity contribution in [3.63, 3.8) is 0 Å². The van der Waals surface area contributed by atoms with E-state index in [-0.39, 0.29) is 10.6 Å². The molecule has 0 N–H and O–H groups in total. The molecule has 0 aromatic heterocycles. The summed E-state index contributed by atoms with van der Waals surface area (Å²) in [6, 6.07) is 12.1. The number of nitro benzene ring substituents is 1. The zero-order chi connectivity index (χ0) is 13.1. The third-order valence-electron chi connectivity index (χ3n) is 2.14. The molecule has 6 heteroatoms. The van der Waals surface area contributed by atoms with Crippen LogP contribution in [0.5, 0.6) is 0 Å². The van der Waals surface area contributed by atoms with Crippen molar-refractivity contribution in [1.29, 1.82) is 0 Å². The standard InChI is InChI=1S/C12H7BrClNO2S/c13-8-4-5-11(15(16)17)12(6-8)18-10-3-1-2-9(14)7-10/h1-7H. The topological polar surface area (TPSA) is 43.1 Å². The van der Waals surface area contributed by atoms with Crippen LogP contribution in [0.1, 0.15) is 0 Å². The number of nitro groups is 1. The van der Waals surface area contributed by atoms with E-state index in [2.05, 4.69) is 15.9 Å². The van der Waals surface area contributed by atoms with E-state index in [1.807, 2.05) is 12.1 Å². The van der Waals surface area contributed by atoms with Crippen molar-refractivity contribution in [3.05, 3.63) is 62.1 Å². The van der Waals surface area contributed by atoms with Crippen LogP contribution in [0.3, 0.4) is 0 Å². The van der Waals surface area contributed by atoms with Gasteiger partial charge in [-0.05, 0) is 30.3 Å². The second-order valence-corrected chi connectivity index (χ2v) is 5.90. The minimum atomic E-state index is -0.390. The largest absolute Gasteiger partial charge is 0.283 e. The first kappa shape index (κ1) is 13.4. The fourth-order valence-electron chi connectivity index (χ4n) is 1.38. The molecule has 0 aliphatic carbocycles. The fourth-order valence-corrected chi connectivity index (χ4v) is 3.17. The molecule has 0 saturated carbocycles. The van der Waals surface area contributed by atoms with E-state index >= 15 is 0 Å². The monoisotopic (exact) mass is 343 g/mol. The van der Waals surface area contributed by atoms with Gasteiger partial charge in [0.25, 0.3) is 5.69 Å². The summed E-state index contributed by atoms with van der Waals surface area (Å²) in [4.78, 5) is 12.0. The van der Waals surface area contributed by atoms with Crippen LogP contribution < -0.4 is 0 Å². The number of nitrogens with zero attached hydrogens (tertiary/aromatic N) is 1. The summed E-state index contributed by atoms with van der Waals surface area (Å²) < 4.78 is 0.803. The molecule has 0 aliphatic heterocycles. The zero-order valence-corrected chi connectivity index (χ0v) is 12.1. The Morgan fingerprint density at radius 2 is 2.00 bits per heavy atom. The molecule has 0 bridgehead atoms. The Bertz CT molecular complexity index is 606. The predicted molar refractivity (Wildman–Crippen MR) is 76.4 cm³/mol. The Labute approximate surface area is 121 Å². The lowest BCUT2D eigenvalue weighted by Gasteiger charge is -2.04. The van der Waals surface area contributed by atoms with Crippen molar-refractivity contribution in [3.8, 4) is 0 Å². The molecule has 18 heavy (non-hydrogen) atoms. The lowest BCUT2D eigenvalue weighted by Crippen LogP contribution is -1.90. The second-order valence-electron chi connectivity index (χ2n) is 3.43. The molecule has 2 aromatic rings. The first-order valence-electron chi connectivity index (χ1n) is 4.93. The molecule has 0 aliphatic rings. The molecule has 0 amide bonds. The number of benzene rings is 2. The molecule has 0 spiro atoms. The van der Waals surface area contributed by atoms with Crippen LogP contribution in [0.2, 0.25) is 5.02 Å². The zero-order valence-electron chi connectivity index (χ0n) is 8.97. The second kappa shape index (κ2) is 5.73. The maximum absolute atomic E-state index is 10.9. The van der Waals surface area contributed by atoms with Crippen molar-refractivity contribution in [2.24, 2.45) is 0 Å². The quantitative estimate of drug-likeness (QED) is 0.570. The highest BCUT2D eigenvalue weighted by Gasteiger charge is 2.15. The molecular weight excluding hydrogens is 338 g/mol. The summed E-state index contributed by atoms with van der Waals surface area (Å²) in [5, 5.41) is 11.5. The Balaban J connectivity index is 2.39. The SMILES string of the molecule is O=[N+]([O-])c1ccc(Br)cc1Sc1cccc(Cl)c1. The van der Waals surface area contributed by atoms with Gasteiger partial charge in [-0.2, -0.15) is 0 Å². The van der Waals surface area contributed by atoms with E-state index in [4.69, 9.17) is 11.6 Å². The van der Waals surface area contributed by atoms with E-state index in [1.165, 1.54) is 17.8 Å². The van der Waals surface area contributed by atoms with E-state index < -0.39 is 0 Å². The summed E-state index contributed by atoms with van der Waals surface area (Å²) >= 11 is 10.5. The molecule has 0 atom stereocenters. The smallest absolute Gasteiger partial charge is 0.258 e. The van der Waals surface area contributed by atoms with Crippen LogP contribution >= 0.6 is 39.3 Å². The minimum Gasteiger partial charge on any atom is -0.258 e. The van der Waals surface area contributed by atoms with Gasteiger partial charge in [0.2, 0.25) is 0 Å².